The summed E-state index contributed by atoms with van der Waals surface area (Å²) in [5.74, 6) is 0.930. The molecule has 0 radical (unpaired) electrons. The lowest BCUT2D eigenvalue weighted by molar-refractivity contribution is -0.123. The maximum atomic E-state index is 12.2. The van der Waals surface area contributed by atoms with Crippen LogP contribution in [-0.4, -0.2) is 65.4 Å². The van der Waals surface area contributed by atoms with E-state index in [1.54, 1.807) is 6.20 Å². The highest BCUT2D eigenvalue weighted by atomic mass is 16.2. The molecule has 2 heterocycles. The molecule has 1 amide bonds. The average Bonchev–Trinajstić information content (AvgIpc) is 2.78. The molecule has 1 aliphatic rings. The van der Waals surface area contributed by atoms with Crippen molar-refractivity contribution >= 4 is 5.91 Å². The van der Waals surface area contributed by atoms with Gasteiger partial charge in [0.15, 0.2) is 0 Å². The molecule has 6 heteroatoms. The number of aromatic amines is 1. The lowest BCUT2D eigenvalue weighted by Crippen LogP contribution is -2.40. The van der Waals surface area contributed by atoms with Crippen LogP contribution in [-0.2, 0) is 4.79 Å². The predicted octanol–water partition coefficient (Wildman–Crippen LogP) is 0.923. The summed E-state index contributed by atoms with van der Waals surface area (Å²) in [4.78, 5) is 24.3. The van der Waals surface area contributed by atoms with E-state index in [0.29, 0.717) is 6.54 Å². The minimum absolute atomic E-state index is 0.0270. The second-order valence-electron chi connectivity index (χ2n) is 5.91. The lowest BCUT2D eigenvalue weighted by atomic mass is 10.2. The summed E-state index contributed by atoms with van der Waals surface area (Å²) in [6, 6.07) is -0.0270. The van der Waals surface area contributed by atoms with Crippen molar-refractivity contribution in [1.29, 1.82) is 0 Å². The van der Waals surface area contributed by atoms with Gasteiger partial charge in [0.25, 0.3) is 0 Å². The molecule has 1 atom stereocenters. The maximum absolute atomic E-state index is 12.2. The van der Waals surface area contributed by atoms with Gasteiger partial charge in [-0.25, -0.2) is 4.98 Å². The molecule has 2 rings (SSSR count). The predicted molar refractivity (Wildman–Crippen MR) is 83.1 cm³/mol. The van der Waals surface area contributed by atoms with Crippen molar-refractivity contribution in [2.75, 3.05) is 39.8 Å². The molecule has 0 aliphatic carbocycles. The van der Waals surface area contributed by atoms with E-state index in [0.717, 1.165) is 50.5 Å². The number of likely N-dealkylation sites (N-methyl/N-ethyl adjacent to an activating group) is 1. The largest absolute Gasteiger partial charge is 0.345 e. The zero-order valence-corrected chi connectivity index (χ0v) is 13.4. The van der Waals surface area contributed by atoms with Gasteiger partial charge < -0.3 is 15.2 Å². The highest BCUT2D eigenvalue weighted by Gasteiger charge is 2.19. The average molecular weight is 293 g/mol. The van der Waals surface area contributed by atoms with Crippen LogP contribution in [0.15, 0.2) is 6.20 Å². The number of carbonyl (C=O) groups excluding carboxylic acids is 1. The van der Waals surface area contributed by atoms with Gasteiger partial charge in [-0.3, -0.25) is 9.69 Å². The molecule has 118 valence electrons. The quantitative estimate of drug-likeness (QED) is 0.847. The Bertz CT molecular complexity index is 459. The number of aromatic nitrogens is 2. The molecule has 1 aliphatic heterocycles. The van der Waals surface area contributed by atoms with Gasteiger partial charge >= 0.3 is 0 Å². The molecule has 21 heavy (non-hydrogen) atoms. The summed E-state index contributed by atoms with van der Waals surface area (Å²) in [7, 11) is 2.13. The lowest BCUT2D eigenvalue weighted by Gasteiger charge is -2.21. The number of imidazole rings is 1. The van der Waals surface area contributed by atoms with Crippen molar-refractivity contribution in [2.45, 2.75) is 32.7 Å². The number of nitrogens with zero attached hydrogens (tertiary/aromatic N) is 3. The first kappa shape index (κ1) is 16.0. The molecular weight excluding hydrogens is 266 g/mol. The van der Waals surface area contributed by atoms with Crippen LogP contribution in [0.2, 0.25) is 0 Å². The SMILES string of the molecule is CCC(NC(=O)CN1CCCN(C)CC1)c1ncc(C)[nH]1. The van der Waals surface area contributed by atoms with Gasteiger partial charge in [0.2, 0.25) is 5.91 Å². The number of carbonyl (C=O) groups is 1. The second kappa shape index (κ2) is 7.56. The van der Waals surface area contributed by atoms with E-state index in [9.17, 15) is 4.79 Å². The third kappa shape index (κ3) is 4.82. The van der Waals surface area contributed by atoms with Crippen LogP contribution >= 0.6 is 0 Å². The Morgan fingerprint density at radius 1 is 1.43 bits per heavy atom. The monoisotopic (exact) mass is 293 g/mol. The zero-order valence-electron chi connectivity index (χ0n) is 13.4. The topological polar surface area (TPSA) is 64.3 Å². The van der Waals surface area contributed by atoms with Gasteiger partial charge in [-0.05, 0) is 39.9 Å². The Kier molecular flexibility index (Phi) is 5.76. The zero-order chi connectivity index (χ0) is 15.2. The molecular formula is C15H27N5O. The van der Waals surface area contributed by atoms with Gasteiger partial charge in [-0.2, -0.15) is 0 Å². The summed E-state index contributed by atoms with van der Waals surface area (Å²) in [5, 5.41) is 3.09. The Hall–Kier alpha value is -1.40. The normalized spacial score (nSPS) is 19.2. The van der Waals surface area contributed by atoms with Gasteiger partial charge in [-0.1, -0.05) is 6.92 Å². The molecule has 1 aromatic heterocycles. The summed E-state index contributed by atoms with van der Waals surface area (Å²) in [5.41, 5.74) is 1.02. The Morgan fingerprint density at radius 2 is 2.24 bits per heavy atom. The Morgan fingerprint density at radius 3 is 2.90 bits per heavy atom. The van der Waals surface area contributed by atoms with Gasteiger partial charge in [0.1, 0.15) is 5.82 Å². The highest BCUT2D eigenvalue weighted by Crippen LogP contribution is 2.12. The molecule has 0 bridgehead atoms. The van der Waals surface area contributed by atoms with Crippen LogP contribution < -0.4 is 5.32 Å². The first-order chi connectivity index (χ1) is 10.1. The molecule has 1 fully saturated rings. The van der Waals surface area contributed by atoms with Crippen LogP contribution in [0.25, 0.3) is 0 Å². The van der Waals surface area contributed by atoms with Crippen molar-refractivity contribution in [3.63, 3.8) is 0 Å². The third-order valence-corrected chi connectivity index (χ3v) is 3.98. The molecule has 1 saturated heterocycles. The van der Waals surface area contributed by atoms with Crippen molar-refractivity contribution in [3.8, 4) is 0 Å². The fourth-order valence-corrected chi connectivity index (χ4v) is 2.67. The number of hydrogen-bond donors (Lipinski definition) is 2. The van der Waals surface area contributed by atoms with Gasteiger partial charge in [0.05, 0.1) is 12.6 Å². The van der Waals surface area contributed by atoms with E-state index in [2.05, 4.69) is 39.1 Å². The molecule has 2 N–H and O–H groups in total. The van der Waals surface area contributed by atoms with Crippen molar-refractivity contribution in [1.82, 2.24) is 25.1 Å². The summed E-state index contributed by atoms with van der Waals surface area (Å²) in [6.07, 6.45) is 3.76. The van der Waals surface area contributed by atoms with E-state index in [4.69, 9.17) is 0 Å². The van der Waals surface area contributed by atoms with Crippen LogP contribution in [0.1, 0.15) is 37.3 Å². The van der Waals surface area contributed by atoms with Gasteiger partial charge in [0, 0.05) is 25.0 Å². The molecule has 6 nitrogen and oxygen atoms in total. The van der Waals surface area contributed by atoms with Crippen LogP contribution in [0.3, 0.4) is 0 Å². The van der Waals surface area contributed by atoms with E-state index in [-0.39, 0.29) is 11.9 Å². The van der Waals surface area contributed by atoms with E-state index in [1.807, 2.05) is 6.92 Å². The first-order valence-corrected chi connectivity index (χ1v) is 7.80. The smallest absolute Gasteiger partial charge is 0.234 e. The van der Waals surface area contributed by atoms with E-state index < -0.39 is 0 Å². The van der Waals surface area contributed by atoms with Crippen molar-refractivity contribution < 1.29 is 4.79 Å². The van der Waals surface area contributed by atoms with E-state index in [1.165, 1.54) is 0 Å². The highest BCUT2D eigenvalue weighted by molar-refractivity contribution is 5.78. The maximum Gasteiger partial charge on any atom is 0.234 e. The first-order valence-electron chi connectivity index (χ1n) is 7.80. The number of hydrogen-bond acceptors (Lipinski definition) is 4. The molecule has 1 unspecified atom stereocenters. The van der Waals surface area contributed by atoms with Crippen LogP contribution in [0.5, 0.6) is 0 Å². The fourth-order valence-electron chi connectivity index (χ4n) is 2.67. The minimum atomic E-state index is -0.0270. The number of amides is 1. The Balaban J connectivity index is 1.85. The van der Waals surface area contributed by atoms with Crippen LogP contribution in [0.4, 0.5) is 0 Å². The Labute approximate surface area is 126 Å². The van der Waals surface area contributed by atoms with Crippen LogP contribution in [0, 0.1) is 6.92 Å². The fraction of sp³-hybridized carbons (Fsp3) is 0.733. The number of H-pyrrole nitrogens is 1. The summed E-state index contributed by atoms with van der Waals surface area (Å²) >= 11 is 0. The number of nitrogens with one attached hydrogen (secondary N) is 2. The summed E-state index contributed by atoms with van der Waals surface area (Å²) < 4.78 is 0. The van der Waals surface area contributed by atoms with Crippen molar-refractivity contribution in [3.05, 3.63) is 17.7 Å². The standard InChI is InChI=1S/C15H27N5O/c1-4-13(15-16-10-12(2)17-15)18-14(21)11-20-7-5-6-19(3)8-9-20/h10,13H,4-9,11H2,1-3H3,(H,16,17)(H,18,21). The molecule has 1 aromatic rings. The van der Waals surface area contributed by atoms with Gasteiger partial charge in [-0.15, -0.1) is 0 Å². The minimum Gasteiger partial charge on any atom is -0.345 e. The van der Waals surface area contributed by atoms with Crippen molar-refractivity contribution in [2.24, 2.45) is 0 Å². The summed E-state index contributed by atoms with van der Waals surface area (Å²) in [6.45, 7) is 8.60. The third-order valence-electron chi connectivity index (χ3n) is 3.98. The number of rotatable bonds is 5. The molecule has 0 spiro atoms. The molecule has 0 aromatic carbocycles. The number of aryl methyl sites for hydroxylation is 1. The molecule has 0 saturated carbocycles. The van der Waals surface area contributed by atoms with E-state index >= 15 is 0 Å². The second-order valence-corrected chi connectivity index (χ2v) is 5.91.